The van der Waals surface area contributed by atoms with Gasteiger partial charge in [0.1, 0.15) is 0 Å². The Kier molecular flexibility index (Phi) is 5.49. The van der Waals surface area contributed by atoms with E-state index in [1.807, 2.05) is 0 Å². The smallest absolute Gasteiger partial charge is 0.0590 e. The van der Waals surface area contributed by atoms with E-state index in [1.54, 1.807) is 0 Å². The molecular formula is C12H25NO. The van der Waals surface area contributed by atoms with Crippen LogP contribution in [0.3, 0.4) is 0 Å². The lowest BCUT2D eigenvalue weighted by Gasteiger charge is -2.29. The lowest BCUT2D eigenvalue weighted by Crippen LogP contribution is -2.38. The van der Waals surface area contributed by atoms with Crippen LogP contribution in [0.2, 0.25) is 0 Å². The molecule has 1 aliphatic heterocycles. The Balaban J connectivity index is 2.29. The molecule has 2 nitrogen and oxygen atoms in total. The molecule has 2 atom stereocenters. The fraction of sp³-hybridized carbons (Fsp3) is 1.00. The molecule has 1 heterocycles. The lowest BCUT2D eigenvalue weighted by atomic mass is 9.94. The van der Waals surface area contributed by atoms with E-state index < -0.39 is 0 Å². The number of rotatable bonds is 5. The van der Waals surface area contributed by atoms with Crippen LogP contribution in [0.15, 0.2) is 0 Å². The fourth-order valence-corrected chi connectivity index (χ4v) is 2.13. The van der Waals surface area contributed by atoms with Gasteiger partial charge in [0.15, 0.2) is 0 Å². The minimum absolute atomic E-state index is 0.509. The van der Waals surface area contributed by atoms with Gasteiger partial charge in [-0.25, -0.2) is 0 Å². The van der Waals surface area contributed by atoms with Gasteiger partial charge in [0.05, 0.1) is 6.10 Å². The third-order valence-corrected chi connectivity index (χ3v) is 3.06. The highest BCUT2D eigenvalue weighted by atomic mass is 16.5. The molecule has 14 heavy (non-hydrogen) atoms. The summed E-state index contributed by atoms with van der Waals surface area (Å²) in [6.45, 7) is 8.79. The van der Waals surface area contributed by atoms with E-state index >= 15 is 0 Å². The van der Waals surface area contributed by atoms with Gasteiger partial charge in [-0.15, -0.1) is 0 Å². The molecule has 0 aromatic heterocycles. The summed E-state index contributed by atoms with van der Waals surface area (Å²) in [6, 6.07) is 0.628. The van der Waals surface area contributed by atoms with Crippen molar-refractivity contribution >= 4 is 0 Å². The average molecular weight is 199 g/mol. The Morgan fingerprint density at radius 2 is 2.14 bits per heavy atom. The number of hydrogen-bond acceptors (Lipinski definition) is 2. The first-order chi connectivity index (χ1) is 6.74. The molecule has 2 heteroatoms. The minimum Gasteiger partial charge on any atom is -0.378 e. The maximum Gasteiger partial charge on any atom is 0.0590 e. The fourth-order valence-electron chi connectivity index (χ4n) is 2.13. The van der Waals surface area contributed by atoms with Crippen LogP contribution in [0.1, 0.15) is 46.5 Å². The molecule has 0 radical (unpaired) electrons. The van der Waals surface area contributed by atoms with E-state index in [0.29, 0.717) is 18.1 Å². The number of ether oxygens (including phenoxy) is 1. The van der Waals surface area contributed by atoms with Crippen LogP contribution in [0, 0.1) is 5.92 Å². The molecule has 0 aromatic rings. The summed E-state index contributed by atoms with van der Waals surface area (Å²) in [5, 5.41) is 3.55. The molecule has 1 rings (SSSR count). The zero-order valence-electron chi connectivity index (χ0n) is 9.88. The van der Waals surface area contributed by atoms with Gasteiger partial charge in [0.25, 0.3) is 0 Å². The number of nitrogens with one attached hydrogen (secondary N) is 1. The van der Waals surface area contributed by atoms with Crippen molar-refractivity contribution in [2.24, 2.45) is 5.92 Å². The van der Waals surface area contributed by atoms with E-state index in [-0.39, 0.29) is 0 Å². The summed E-state index contributed by atoms with van der Waals surface area (Å²) in [4.78, 5) is 0. The van der Waals surface area contributed by atoms with Crippen molar-refractivity contribution in [2.75, 3.05) is 13.2 Å². The van der Waals surface area contributed by atoms with Crippen molar-refractivity contribution in [1.29, 1.82) is 0 Å². The zero-order valence-corrected chi connectivity index (χ0v) is 9.88. The molecule has 0 bridgehead atoms. The predicted octanol–water partition coefficient (Wildman–Crippen LogP) is 2.58. The standard InChI is InChI=1S/C12H25NO/c1-4-13-12(10(2)3)9-11-7-5-6-8-14-11/h10-13H,4-9H2,1-3H3. The normalized spacial score (nSPS) is 25.3. The topological polar surface area (TPSA) is 21.3 Å². The molecule has 0 spiro atoms. The van der Waals surface area contributed by atoms with Crippen molar-refractivity contribution in [2.45, 2.75) is 58.6 Å². The maximum atomic E-state index is 5.76. The Morgan fingerprint density at radius 1 is 1.36 bits per heavy atom. The number of hydrogen-bond donors (Lipinski definition) is 1. The van der Waals surface area contributed by atoms with Crippen molar-refractivity contribution in [1.82, 2.24) is 5.32 Å². The van der Waals surface area contributed by atoms with Crippen molar-refractivity contribution in [3.8, 4) is 0 Å². The molecular weight excluding hydrogens is 174 g/mol. The van der Waals surface area contributed by atoms with Crippen molar-refractivity contribution in [3.05, 3.63) is 0 Å². The van der Waals surface area contributed by atoms with E-state index in [0.717, 1.165) is 13.2 Å². The molecule has 1 aliphatic rings. The van der Waals surface area contributed by atoms with Gasteiger partial charge in [-0.2, -0.15) is 0 Å². The van der Waals surface area contributed by atoms with Crippen LogP contribution in [0.5, 0.6) is 0 Å². The van der Waals surface area contributed by atoms with Crippen molar-refractivity contribution in [3.63, 3.8) is 0 Å². The van der Waals surface area contributed by atoms with Crippen LogP contribution in [0.25, 0.3) is 0 Å². The van der Waals surface area contributed by atoms with E-state index in [4.69, 9.17) is 4.74 Å². The second kappa shape index (κ2) is 6.41. The zero-order chi connectivity index (χ0) is 10.4. The highest BCUT2D eigenvalue weighted by Crippen LogP contribution is 2.19. The highest BCUT2D eigenvalue weighted by molar-refractivity contribution is 4.76. The predicted molar refractivity (Wildman–Crippen MR) is 60.5 cm³/mol. The molecule has 1 fully saturated rings. The molecule has 2 unspecified atom stereocenters. The second-order valence-electron chi connectivity index (χ2n) is 4.63. The van der Waals surface area contributed by atoms with E-state index in [2.05, 4.69) is 26.1 Å². The van der Waals surface area contributed by atoms with Crippen LogP contribution in [-0.2, 0) is 4.74 Å². The third-order valence-electron chi connectivity index (χ3n) is 3.06. The third kappa shape index (κ3) is 3.97. The Labute approximate surface area is 88.4 Å². The SMILES string of the molecule is CCNC(CC1CCCCO1)C(C)C. The first kappa shape index (κ1) is 12.0. The summed E-state index contributed by atoms with van der Waals surface area (Å²) >= 11 is 0. The summed E-state index contributed by atoms with van der Waals surface area (Å²) in [5.74, 6) is 0.709. The second-order valence-corrected chi connectivity index (χ2v) is 4.63. The van der Waals surface area contributed by atoms with E-state index in [1.165, 1.54) is 25.7 Å². The van der Waals surface area contributed by atoms with Crippen LogP contribution in [-0.4, -0.2) is 25.3 Å². The van der Waals surface area contributed by atoms with Crippen LogP contribution < -0.4 is 5.32 Å². The summed E-state index contributed by atoms with van der Waals surface area (Å²) in [5.41, 5.74) is 0. The Morgan fingerprint density at radius 3 is 2.64 bits per heavy atom. The summed E-state index contributed by atoms with van der Waals surface area (Å²) < 4.78 is 5.76. The maximum absolute atomic E-state index is 5.76. The van der Waals surface area contributed by atoms with Gasteiger partial charge < -0.3 is 10.1 Å². The van der Waals surface area contributed by atoms with Gasteiger partial charge >= 0.3 is 0 Å². The summed E-state index contributed by atoms with van der Waals surface area (Å²) in [6.07, 6.45) is 5.56. The minimum atomic E-state index is 0.509. The molecule has 1 N–H and O–H groups in total. The summed E-state index contributed by atoms with van der Waals surface area (Å²) in [7, 11) is 0. The quantitative estimate of drug-likeness (QED) is 0.735. The molecule has 0 aliphatic carbocycles. The first-order valence-corrected chi connectivity index (χ1v) is 6.09. The Hall–Kier alpha value is -0.0800. The first-order valence-electron chi connectivity index (χ1n) is 6.09. The molecule has 1 saturated heterocycles. The van der Waals surface area contributed by atoms with E-state index in [9.17, 15) is 0 Å². The lowest BCUT2D eigenvalue weighted by molar-refractivity contribution is 0.00233. The van der Waals surface area contributed by atoms with Gasteiger partial charge in [-0.05, 0) is 38.1 Å². The van der Waals surface area contributed by atoms with Gasteiger partial charge in [-0.3, -0.25) is 0 Å². The van der Waals surface area contributed by atoms with Gasteiger partial charge in [0, 0.05) is 12.6 Å². The van der Waals surface area contributed by atoms with Crippen LogP contribution in [0.4, 0.5) is 0 Å². The molecule has 0 aromatic carbocycles. The highest BCUT2D eigenvalue weighted by Gasteiger charge is 2.20. The van der Waals surface area contributed by atoms with Gasteiger partial charge in [0.2, 0.25) is 0 Å². The van der Waals surface area contributed by atoms with Gasteiger partial charge in [-0.1, -0.05) is 20.8 Å². The van der Waals surface area contributed by atoms with Crippen molar-refractivity contribution < 1.29 is 4.74 Å². The molecule has 0 amide bonds. The molecule has 0 saturated carbocycles. The largest absolute Gasteiger partial charge is 0.378 e. The monoisotopic (exact) mass is 199 g/mol. The Bertz CT molecular complexity index is 141. The average Bonchev–Trinajstić information content (AvgIpc) is 2.18. The van der Waals surface area contributed by atoms with Crippen LogP contribution >= 0.6 is 0 Å². The molecule has 84 valence electrons.